The van der Waals surface area contributed by atoms with E-state index in [-0.39, 0.29) is 17.7 Å². The van der Waals surface area contributed by atoms with E-state index in [4.69, 9.17) is 0 Å². The molecule has 4 heteroatoms. The normalized spacial score (nSPS) is 12.1. The third kappa shape index (κ3) is 5.77. The number of Topliss-reactive ketones (excluding diaryl/α,β-unsaturated/α-hetero) is 1. The van der Waals surface area contributed by atoms with Crippen molar-refractivity contribution in [2.45, 2.75) is 53.5 Å². The first kappa shape index (κ1) is 22.8. The standard InChI is InChI=1S/C25H34N2O2/c1-8-24(28)20-12-18(4)23(19(5)13-20)14-21(27(6)7)15-26-25(29)22-10-9-16(2)11-17(22)3/h9-13,21H,8,14-15H2,1-7H3,(H,26,29)/t21-/m0/s1. The highest BCUT2D eigenvalue weighted by atomic mass is 16.1. The molecule has 1 N–H and O–H groups in total. The number of nitrogens with one attached hydrogen (secondary N) is 1. The van der Waals surface area contributed by atoms with Crippen LogP contribution in [0.2, 0.25) is 0 Å². The Bertz CT molecular complexity index is 877. The number of carbonyl (C=O) groups is 2. The molecule has 0 unspecified atom stereocenters. The molecular formula is C25H34N2O2. The maximum atomic E-state index is 12.7. The van der Waals surface area contributed by atoms with Crippen LogP contribution in [0.15, 0.2) is 30.3 Å². The highest BCUT2D eigenvalue weighted by molar-refractivity contribution is 5.96. The van der Waals surface area contributed by atoms with Crippen molar-refractivity contribution >= 4 is 11.7 Å². The van der Waals surface area contributed by atoms with Crippen LogP contribution in [0.1, 0.15) is 61.9 Å². The smallest absolute Gasteiger partial charge is 0.251 e. The first-order chi connectivity index (χ1) is 13.6. The molecule has 0 radical (unpaired) electrons. The fraction of sp³-hybridized carbons (Fsp3) is 0.440. The maximum absolute atomic E-state index is 12.7. The second-order valence-electron chi connectivity index (χ2n) is 8.22. The van der Waals surface area contributed by atoms with Crippen molar-refractivity contribution in [1.82, 2.24) is 10.2 Å². The molecule has 0 saturated carbocycles. The summed E-state index contributed by atoms with van der Waals surface area (Å²) in [6, 6.07) is 10.0. The molecule has 0 bridgehead atoms. The Labute approximate surface area is 175 Å². The topological polar surface area (TPSA) is 49.4 Å². The van der Waals surface area contributed by atoms with Gasteiger partial charge in [-0.15, -0.1) is 0 Å². The molecular weight excluding hydrogens is 360 g/mol. The van der Waals surface area contributed by atoms with Crippen molar-refractivity contribution in [3.8, 4) is 0 Å². The van der Waals surface area contributed by atoms with Crippen LogP contribution in [-0.4, -0.2) is 43.3 Å². The van der Waals surface area contributed by atoms with Gasteiger partial charge in [0.05, 0.1) is 0 Å². The Balaban J connectivity index is 2.14. The molecule has 0 aliphatic heterocycles. The van der Waals surface area contributed by atoms with Gasteiger partial charge in [0.15, 0.2) is 5.78 Å². The molecule has 2 aromatic carbocycles. The zero-order valence-corrected chi connectivity index (χ0v) is 18.8. The minimum absolute atomic E-state index is 0.0355. The second-order valence-corrected chi connectivity index (χ2v) is 8.22. The molecule has 0 aromatic heterocycles. The van der Waals surface area contributed by atoms with Gasteiger partial charge in [0.25, 0.3) is 5.91 Å². The summed E-state index contributed by atoms with van der Waals surface area (Å²) in [5.41, 5.74) is 7.17. The van der Waals surface area contributed by atoms with Gasteiger partial charge in [-0.05, 0) is 88.7 Å². The third-order valence-corrected chi connectivity index (χ3v) is 5.63. The Kier molecular flexibility index (Phi) is 7.74. The Hall–Kier alpha value is -2.46. The van der Waals surface area contributed by atoms with E-state index in [1.807, 2.05) is 65.2 Å². The van der Waals surface area contributed by atoms with E-state index in [0.717, 1.165) is 39.8 Å². The summed E-state index contributed by atoms with van der Waals surface area (Å²) < 4.78 is 0. The molecule has 0 fully saturated rings. The van der Waals surface area contributed by atoms with Crippen molar-refractivity contribution in [3.05, 3.63) is 69.3 Å². The molecule has 0 heterocycles. The lowest BCUT2D eigenvalue weighted by molar-refractivity contribution is 0.0939. The van der Waals surface area contributed by atoms with Crippen LogP contribution < -0.4 is 5.32 Å². The summed E-state index contributed by atoms with van der Waals surface area (Å²) >= 11 is 0. The van der Waals surface area contributed by atoms with Crippen molar-refractivity contribution in [1.29, 1.82) is 0 Å². The number of carbonyl (C=O) groups excluding carboxylic acids is 2. The van der Waals surface area contributed by atoms with E-state index in [1.54, 1.807) is 0 Å². The van der Waals surface area contributed by atoms with E-state index >= 15 is 0 Å². The summed E-state index contributed by atoms with van der Waals surface area (Å²) in [5.74, 6) is 0.138. The predicted octanol–water partition coefficient (Wildman–Crippen LogP) is 4.42. The van der Waals surface area contributed by atoms with Crippen LogP contribution >= 0.6 is 0 Å². The number of ketones is 1. The summed E-state index contributed by atoms with van der Waals surface area (Å²) in [6.45, 7) is 10.6. The van der Waals surface area contributed by atoms with E-state index in [0.29, 0.717) is 13.0 Å². The minimum Gasteiger partial charge on any atom is -0.350 e. The van der Waals surface area contributed by atoms with Crippen molar-refractivity contribution < 1.29 is 9.59 Å². The van der Waals surface area contributed by atoms with Crippen LogP contribution in [0.4, 0.5) is 0 Å². The van der Waals surface area contributed by atoms with E-state index in [2.05, 4.69) is 24.1 Å². The van der Waals surface area contributed by atoms with E-state index in [1.165, 1.54) is 5.56 Å². The predicted molar refractivity (Wildman–Crippen MR) is 120 cm³/mol. The first-order valence-electron chi connectivity index (χ1n) is 10.3. The molecule has 1 atom stereocenters. The molecule has 2 rings (SSSR count). The number of nitrogens with zero attached hydrogens (tertiary/aromatic N) is 1. The fourth-order valence-corrected chi connectivity index (χ4v) is 3.73. The first-order valence-corrected chi connectivity index (χ1v) is 10.3. The number of hydrogen-bond acceptors (Lipinski definition) is 3. The molecule has 156 valence electrons. The number of benzene rings is 2. The number of aryl methyl sites for hydroxylation is 4. The number of rotatable bonds is 8. The van der Waals surface area contributed by atoms with Crippen molar-refractivity contribution in [3.63, 3.8) is 0 Å². The molecule has 0 spiro atoms. The van der Waals surface area contributed by atoms with Gasteiger partial charge in [-0.25, -0.2) is 0 Å². The zero-order valence-electron chi connectivity index (χ0n) is 18.8. The van der Waals surface area contributed by atoms with Gasteiger partial charge in [0, 0.05) is 30.1 Å². The van der Waals surface area contributed by atoms with Crippen molar-refractivity contribution in [2.24, 2.45) is 0 Å². The molecule has 2 aromatic rings. The summed E-state index contributed by atoms with van der Waals surface area (Å²) in [6.07, 6.45) is 1.33. The molecule has 0 saturated heterocycles. The van der Waals surface area contributed by atoms with Crippen LogP contribution in [-0.2, 0) is 6.42 Å². The van der Waals surface area contributed by atoms with Gasteiger partial charge >= 0.3 is 0 Å². The van der Waals surface area contributed by atoms with Gasteiger partial charge in [0.2, 0.25) is 0 Å². The Morgan fingerprint density at radius 1 is 0.966 bits per heavy atom. The maximum Gasteiger partial charge on any atom is 0.251 e. The monoisotopic (exact) mass is 394 g/mol. The lowest BCUT2D eigenvalue weighted by Gasteiger charge is -2.26. The van der Waals surface area contributed by atoms with Crippen LogP contribution in [0.5, 0.6) is 0 Å². The van der Waals surface area contributed by atoms with Gasteiger partial charge < -0.3 is 10.2 Å². The average molecular weight is 395 g/mol. The zero-order chi connectivity index (χ0) is 21.7. The Morgan fingerprint density at radius 2 is 1.59 bits per heavy atom. The highest BCUT2D eigenvalue weighted by Crippen LogP contribution is 2.21. The number of likely N-dealkylation sites (N-methyl/N-ethyl adjacent to an activating group) is 1. The van der Waals surface area contributed by atoms with Gasteiger partial charge in [0.1, 0.15) is 0 Å². The number of hydrogen-bond donors (Lipinski definition) is 1. The largest absolute Gasteiger partial charge is 0.350 e. The molecule has 29 heavy (non-hydrogen) atoms. The second kappa shape index (κ2) is 9.84. The lowest BCUT2D eigenvalue weighted by Crippen LogP contribution is -2.42. The third-order valence-electron chi connectivity index (χ3n) is 5.63. The molecule has 4 nitrogen and oxygen atoms in total. The van der Waals surface area contributed by atoms with Gasteiger partial charge in [-0.3, -0.25) is 9.59 Å². The van der Waals surface area contributed by atoms with Gasteiger partial charge in [-0.2, -0.15) is 0 Å². The van der Waals surface area contributed by atoms with Gasteiger partial charge in [-0.1, -0.05) is 24.6 Å². The van der Waals surface area contributed by atoms with Crippen LogP contribution in [0.25, 0.3) is 0 Å². The average Bonchev–Trinajstić information content (AvgIpc) is 2.65. The lowest BCUT2D eigenvalue weighted by atomic mass is 9.92. The van der Waals surface area contributed by atoms with Crippen LogP contribution in [0, 0.1) is 27.7 Å². The number of amides is 1. The summed E-state index contributed by atoms with van der Waals surface area (Å²) in [4.78, 5) is 26.9. The van der Waals surface area contributed by atoms with E-state index in [9.17, 15) is 9.59 Å². The summed E-state index contributed by atoms with van der Waals surface area (Å²) in [5, 5.41) is 3.10. The van der Waals surface area contributed by atoms with Crippen LogP contribution in [0.3, 0.4) is 0 Å². The quantitative estimate of drug-likeness (QED) is 0.675. The Morgan fingerprint density at radius 3 is 2.10 bits per heavy atom. The molecule has 1 amide bonds. The minimum atomic E-state index is -0.0355. The highest BCUT2D eigenvalue weighted by Gasteiger charge is 2.18. The fourth-order valence-electron chi connectivity index (χ4n) is 3.73. The molecule has 0 aliphatic rings. The van der Waals surface area contributed by atoms with Crippen molar-refractivity contribution in [2.75, 3.05) is 20.6 Å². The molecule has 0 aliphatic carbocycles. The SMILES string of the molecule is CCC(=O)c1cc(C)c(C[C@@H](CNC(=O)c2ccc(C)cc2C)N(C)C)c(C)c1. The van der Waals surface area contributed by atoms with E-state index < -0.39 is 0 Å². The summed E-state index contributed by atoms with van der Waals surface area (Å²) in [7, 11) is 4.07.